The molecule has 0 saturated heterocycles. The van der Waals surface area contributed by atoms with Crippen molar-refractivity contribution >= 4 is 27.7 Å². The lowest BCUT2D eigenvalue weighted by Gasteiger charge is -2.43. The summed E-state index contributed by atoms with van der Waals surface area (Å²) in [7, 11) is 0. The molecule has 0 spiro atoms. The van der Waals surface area contributed by atoms with Gasteiger partial charge in [-0.05, 0) is 18.2 Å². The molecule has 2 aliphatic rings. The van der Waals surface area contributed by atoms with Crippen LogP contribution in [0.2, 0.25) is 0 Å². The highest BCUT2D eigenvalue weighted by Gasteiger charge is 2.55. The Balaban J connectivity index is 1.73. The number of carboxylic acid groups (broad SMARTS) is 1. The number of nitrogens with one attached hydrogen (secondary N) is 2. The van der Waals surface area contributed by atoms with E-state index in [1.807, 2.05) is 48.5 Å². The summed E-state index contributed by atoms with van der Waals surface area (Å²) in [6.45, 7) is 0. The minimum absolute atomic E-state index is 0.162. The van der Waals surface area contributed by atoms with Crippen LogP contribution in [0.3, 0.4) is 0 Å². The summed E-state index contributed by atoms with van der Waals surface area (Å²) < 4.78 is 7.06. The van der Waals surface area contributed by atoms with Crippen molar-refractivity contribution in [2.75, 3.05) is 5.32 Å². The molecule has 0 aliphatic carbocycles. The highest BCUT2D eigenvalue weighted by atomic mass is 79.9. The van der Waals surface area contributed by atoms with Crippen molar-refractivity contribution in [3.63, 3.8) is 0 Å². The lowest BCUT2D eigenvalue weighted by atomic mass is 9.78. The highest BCUT2D eigenvalue weighted by molar-refractivity contribution is 9.10. The van der Waals surface area contributed by atoms with Gasteiger partial charge >= 0.3 is 5.97 Å². The third-order valence-corrected chi connectivity index (χ3v) is 5.56. The van der Waals surface area contributed by atoms with E-state index in [1.54, 1.807) is 0 Å². The Hall–Kier alpha value is -2.80. The second-order valence-electron chi connectivity index (χ2n) is 6.50. The Morgan fingerprint density at radius 1 is 1.23 bits per heavy atom. The summed E-state index contributed by atoms with van der Waals surface area (Å²) in [5.74, 6) is 0.0999. The summed E-state index contributed by atoms with van der Waals surface area (Å²) in [5, 5.41) is 20.9. The number of aromatic amines is 1. The van der Waals surface area contributed by atoms with Gasteiger partial charge in [-0.1, -0.05) is 46.3 Å². The van der Waals surface area contributed by atoms with Gasteiger partial charge in [0, 0.05) is 22.0 Å². The first-order chi connectivity index (χ1) is 12.6. The first kappa shape index (κ1) is 15.5. The van der Waals surface area contributed by atoms with Gasteiger partial charge in [-0.25, -0.2) is 4.79 Å². The Bertz CT molecular complexity index is 1030. The number of halogens is 1. The molecule has 2 aromatic carbocycles. The maximum absolute atomic E-state index is 12.4. The van der Waals surface area contributed by atoms with Crippen molar-refractivity contribution in [3.05, 3.63) is 64.1 Å². The van der Waals surface area contributed by atoms with Gasteiger partial charge in [-0.2, -0.15) is 5.10 Å². The molecule has 6 nitrogen and oxygen atoms in total. The zero-order valence-corrected chi connectivity index (χ0v) is 15.1. The number of nitrogens with zero attached hydrogens (tertiary/aromatic N) is 1. The second-order valence-corrected chi connectivity index (χ2v) is 7.42. The Labute approximate surface area is 157 Å². The number of H-pyrrole nitrogens is 1. The number of rotatable bonds is 2. The predicted octanol–water partition coefficient (Wildman–Crippen LogP) is 4.07. The van der Waals surface area contributed by atoms with E-state index in [1.165, 1.54) is 0 Å². The minimum Gasteiger partial charge on any atom is -0.478 e. The molecule has 7 heteroatoms. The number of aromatic nitrogens is 2. The zero-order chi connectivity index (χ0) is 17.9. The molecular weight excluding hydrogens is 398 g/mol. The standard InChI is InChI=1S/C19H14BrN3O3/c20-11-7-5-10(6-8-11)16-15-17(23-22-16)21-13-9-19(15,18(24)25)26-14-4-2-1-3-12(13)14/h1-8,13H,9H2,(H,24,25)(H2,21,22,23)/t13-,19-/m1/s1. The van der Waals surface area contributed by atoms with Crippen LogP contribution in [0.15, 0.2) is 53.0 Å². The van der Waals surface area contributed by atoms with Crippen molar-refractivity contribution < 1.29 is 14.6 Å². The molecule has 0 amide bonds. The number of ether oxygens (including phenoxy) is 1. The lowest BCUT2D eigenvalue weighted by molar-refractivity contribution is -0.159. The fourth-order valence-corrected chi connectivity index (χ4v) is 4.10. The molecule has 3 aromatic rings. The van der Waals surface area contributed by atoms with Crippen LogP contribution in [0.25, 0.3) is 11.3 Å². The smallest absolute Gasteiger partial charge is 0.353 e. The summed E-state index contributed by atoms with van der Waals surface area (Å²) in [6, 6.07) is 15.0. The second kappa shape index (κ2) is 5.35. The van der Waals surface area contributed by atoms with Gasteiger partial charge < -0.3 is 15.2 Å². The SMILES string of the molecule is O=C(O)[C@@]12C[C@@H](Nc3n[nH]c(-c4ccc(Br)cc4)c31)c1ccccc1O2. The van der Waals surface area contributed by atoms with E-state index in [2.05, 4.69) is 31.4 Å². The number of aliphatic carboxylic acids is 1. The van der Waals surface area contributed by atoms with E-state index < -0.39 is 11.6 Å². The molecule has 5 rings (SSSR count). The van der Waals surface area contributed by atoms with E-state index in [0.29, 0.717) is 29.2 Å². The van der Waals surface area contributed by atoms with Crippen LogP contribution in [0.1, 0.15) is 23.6 Å². The molecule has 3 heterocycles. The van der Waals surface area contributed by atoms with Crippen LogP contribution in [0.4, 0.5) is 5.82 Å². The van der Waals surface area contributed by atoms with Crippen molar-refractivity contribution in [2.45, 2.75) is 18.1 Å². The van der Waals surface area contributed by atoms with E-state index in [0.717, 1.165) is 15.6 Å². The Kier molecular flexibility index (Phi) is 3.18. The molecule has 0 unspecified atom stereocenters. The third-order valence-electron chi connectivity index (χ3n) is 5.03. The number of hydrogen-bond donors (Lipinski definition) is 3. The Morgan fingerprint density at radius 2 is 2.00 bits per heavy atom. The van der Waals surface area contributed by atoms with Crippen molar-refractivity contribution in [2.24, 2.45) is 0 Å². The average Bonchev–Trinajstić information content (AvgIpc) is 3.07. The lowest BCUT2D eigenvalue weighted by Crippen LogP contribution is -2.49. The van der Waals surface area contributed by atoms with Crippen LogP contribution in [-0.2, 0) is 10.4 Å². The van der Waals surface area contributed by atoms with Gasteiger partial charge in [0.2, 0.25) is 5.60 Å². The fourth-order valence-electron chi connectivity index (χ4n) is 3.84. The maximum atomic E-state index is 12.4. The molecular formula is C19H14BrN3O3. The molecule has 26 heavy (non-hydrogen) atoms. The minimum atomic E-state index is -1.48. The molecule has 0 radical (unpaired) electrons. The molecule has 1 aromatic heterocycles. The van der Waals surface area contributed by atoms with Crippen LogP contribution >= 0.6 is 15.9 Å². The van der Waals surface area contributed by atoms with Crippen molar-refractivity contribution in [3.8, 4) is 17.0 Å². The maximum Gasteiger partial charge on any atom is 0.353 e. The normalized spacial score (nSPS) is 22.6. The number of anilines is 1. The Morgan fingerprint density at radius 3 is 2.77 bits per heavy atom. The number of carboxylic acids is 1. The van der Waals surface area contributed by atoms with Crippen LogP contribution in [0, 0.1) is 0 Å². The summed E-state index contributed by atoms with van der Waals surface area (Å²) >= 11 is 3.42. The number of benzene rings is 2. The average molecular weight is 412 g/mol. The fraction of sp³-hybridized carbons (Fsp3) is 0.158. The van der Waals surface area contributed by atoms with Gasteiger partial charge in [0.15, 0.2) is 5.82 Å². The largest absolute Gasteiger partial charge is 0.478 e. The van der Waals surface area contributed by atoms with Crippen LogP contribution in [0.5, 0.6) is 5.75 Å². The first-order valence-corrected chi connectivity index (χ1v) is 9.00. The van der Waals surface area contributed by atoms with Crippen LogP contribution in [-0.4, -0.2) is 21.3 Å². The third kappa shape index (κ3) is 2.03. The quantitative estimate of drug-likeness (QED) is 0.591. The summed E-state index contributed by atoms with van der Waals surface area (Å²) in [5.41, 5.74) is 1.52. The zero-order valence-electron chi connectivity index (χ0n) is 13.5. The van der Waals surface area contributed by atoms with E-state index >= 15 is 0 Å². The predicted molar refractivity (Wildman–Crippen MR) is 99.1 cm³/mol. The molecule has 3 N–H and O–H groups in total. The van der Waals surface area contributed by atoms with Crippen molar-refractivity contribution in [1.29, 1.82) is 0 Å². The summed E-state index contributed by atoms with van der Waals surface area (Å²) in [4.78, 5) is 12.4. The van der Waals surface area contributed by atoms with E-state index in [4.69, 9.17) is 4.74 Å². The molecule has 2 aliphatic heterocycles. The number of hydrogen-bond acceptors (Lipinski definition) is 4. The monoisotopic (exact) mass is 411 g/mol. The van der Waals surface area contributed by atoms with Gasteiger partial charge in [0.1, 0.15) is 5.75 Å². The molecule has 0 fully saturated rings. The number of carbonyl (C=O) groups is 1. The van der Waals surface area contributed by atoms with Gasteiger partial charge in [0.25, 0.3) is 0 Å². The van der Waals surface area contributed by atoms with E-state index in [-0.39, 0.29) is 6.04 Å². The molecule has 130 valence electrons. The molecule has 2 bridgehead atoms. The van der Waals surface area contributed by atoms with Gasteiger partial charge in [0.05, 0.1) is 17.3 Å². The van der Waals surface area contributed by atoms with Crippen LogP contribution < -0.4 is 10.1 Å². The topological polar surface area (TPSA) is 87.2 Å². The molecule has 0 saturated carbocycles. The number of fused-ring (bicyclic) bond motifs is 6. The molecule has 2 atom stereocenters. The van der Waals surface area contributed by atoms with E-state index in [9.17, 15) is 9.90 Å². The summed E-state index contributed by atoms with van der Waals surface area (Å²) in [6.07, 6.45) is 0.301. The number of para-hydroxylation sites is 1. The van der Waals surface area contributed by atoms with Crippen molar-refractivity contribution in [1.82, 2.24) is 10.2 Å². The van der Waals surface area contributed by atoms with Gasteiger partial charge in [-0.3, -0.25) is 5.10 Å². The highest BCUT2D eigenvalue weighted by Crippen LogP contribution is 2.53. The van der Waals surface area contributed by atoms with Gasteiger partial charge in [-0.15, -0.1) is 0 Å². The first-order valence-electron chi connectivity index (χ1n) is 8.21.